The molecule has 1 rings (SSSR count). The van der Waals surface area contributed by atoms with Gasteiger partial charge >= 0.3 is 0 Å². The minimum absolute atomic E-state index is 0.108. The Kier molecular flexibility index (Phi) is 6.43. The topological polar surface area (TPSA) is 37.4 Å². The van der Waals surface area contributed by atoms with Crippen molar-refractivity contribution in [1.29, 1.82) is 0 Å². The smallest absolute Gasteiger partial charge is 0.186 e. The molecule has 4 nitrogen and oxygen atoms in total. The minimum atomic E-state index is 0.108. The van der Waals surface area contributed by atoms with Gasteiger partial charge in [-0.25, -0.2) is 4.98 Å². The second-order valence-electron chi connectivity index (χ2n) is 6.28. The maximum atomic E-state index is 5.29. The first-order chi connectivity index (χ1) is 9.28. The molecule has 1 aromatic rings. The highest BCUT2D eigenvalue weighted by Crippen LogP contribution is 2.28. The maximum Gasteiger partial charge on any atom is 0.186 e. The van der Waals surface area contributed by atoms with Crippen molar-refractivity contribution in [3.63, 3.8) is 0 Å². The number of thiazole rings is 1. The second kappa shape index (κ2) is 7.38. The van der Waals surface area contributed by atoms with Crippen molar-refractivity contribution in [2.75, 3.05) is 18.6 Å². The van der Waals surface area contributed by atoms with Crippen LogP contribution in [0.25, 0.3) is 0 Å². The molecule has 0 fully saturated rings. The van der Waals surface area contributed by atoms with Crippen molar-refractivity contribution in [2.24, 2.45) is 0 Å². The third kappa shape index (κ3) is 5.04. The van der Waals surface area contributed by atoms with E-state index in [-0.39, 0.29) is 5.54 Å². The molecule has 0 saturated heterocycles. The van der Waals surface area contributed by atoms with Crippen LogP contribution in [0, 0.1) is 0 Å². The molecule has 5 heteroatoms. The van der Waals surface area contributed by atoms with Crippen LogP contribution in [0.5, 0.6) is 0 Å². The Morgan fingerprint density at radius 3 is 2.45 bits per heavy atom. The van der Waals surface area contributed by atoms with Gasteiger partial charge in [-0.1, -0.05) is 0 Å². The number of hydrogen-bond acceptors (Lipinski definition) is 5. The van der Waals surface area contributed by atoms with Crippen LogP contribution in [0.15, 0.2) is 0 Å². The quantitative estimate of drug-likeness (QED) is 0.837. The molecule has 0 atom stereocenters. The molecule has 0 saturated carbocycles. The molecule has 116 valence electrons. The summed E-state index contributed by atoms with van der Waals surface area (Å²) in [5.74, 6) is 0. The highest BCUT2D eigenvalue weighted by molar-refractivity contribution is 7.15. The fourth-order valence-electron chi connectivity index (χ4n) is 1.95. The number of ether oxygens (including phenoxy) is 1. The van der Waals surface area contributed by atoms with Crippen LogP contribution in [0.1, 0.15) is 52.1 Å². The number of anilines is 1. The molecule has 0 aromatic carbocycles. The van der Waals surface area contributed by atoms with Gasteiger partial charge < -0.3 is 15.0 Å². The molecule has 0 bridgehead atoms. The van der Waals surface area contributed by atoms with Crippen LogP contribution in [0.3, 0.4) is 0 Å². The average Bonchev–Trinajstić information content (AvgIpc) is 2.70. The fourth-order valence-corrected chi connectivity index (χ4v) is 3.15. The third-order valence-corrected chi connectivity index (χ3v) is 4.17. The molecule has 1 N–H and O–H groups in total. The third-order valence-electron chi connectivity index (χ3n) is 3.04. The summed E-state index contributed by atoms with van der Waals surface area (Å²) in [5.41, 5.74) is 1.17. The molecular weight excluding hydrogens is 270 g/mol. The molecule has 0 radical (unpaired) electrons. The van der Waals surface area contributed by atoms with Gasteiger partial charge in [0.2, 0.25) is 0 Å². The van der Waals surface area contributed by atoms with Gasteiger partial charge in [0, 0.05) is 36.7 Å². The number of nitrogens with one attached hydrogen (secondary N) is 1. The molecule has 0 spiro atoms. The van der Waals surface area contributed by atoms with Crippen molar-refractivity contribution in [3.8, 4) is 0 Å². The molecule has 1 aromatic heterocycles. The van der Waals surface area contributed by atoms with Crippen molar-refractivity contribution in [2.45, 2.75) is 66.3 Å². The van der Waals surface area contributed by atoms with Crippen molar-refractivity contribution < 1.29 is 4.74 Å². The van der Waals surface area contributed by atoms with E-state index < -0.39 is 0 Å². The molecular formula is C15H29N3OS. The summed E-state index contributed by atoms with van der Waals surface area (Å²) in [5, 5.41) is 4.63. The summed E-state index contributed by atoms with van der Waals surface area (Å²) in [6, 6.07) is 0.463. The molecule has 0 unspecified atom stereocenters. The van der Waals surface area contributed by atoms with E-state index in [4.69, 9.17) is 9.72 Å². The predicted octanol–water partition coefficient (Wildman–Crippen LogP) is 3.41. The SMILES string of the molecule is CCN(c1nc(COC)c(CNC(C)(C)C)s1)C(C)C. The zero-order valence-electron chi connectivity index (χ0n) is 13.9. The first-order valence-electron chi connectivity index (χ1n) is 7.27. The Hall–Kier alpha value is -0.650. The predicted molar refractivity (Wildman–Crippen MR) is 87.6 cm³/mol. The van der Waals surface area contributed by atoms with Crippen LogP contribution >= 0.6 is 11.3 Å². The van der Waals surface area contributed by atoms with Crippen LogP contribution in [-0.4, -0.2) is 30.2 Å². The van der Waals surface area contributed by atoms with Crippen LogP contribution in [0.2, 0.25) is 0 Å². The lowest BCUT2D eigenvalue weighted by molar-refractivity contribution is 0.181. The van der Waals surface area contributed by atoms with E-state index in [0.717, 1.165) is 23.9 Å². The zero-order chi connectivity index (χ0) is 15.3. The largest absolute Gasteiger partial charge is 0.378 e. The number of hydrogen-bond donors (Lipinski definition) is 1. The van der Waals surface area contributed by atoms with Gasteiger partial charge in [0.15, 0.2) is 5.13 Å². The standard InChI is InChI=1S/C15H29N3OS/c1-8-18(11(2)3)14-17-12(10-19-7)13(20-14)9-16-15(4,5)6/h11,16H,8-10H2,1-7H3. The Morgan fingerprint density at radius 2 is 2.00 bits per heavy atom. The van der Waals surface area contributed by atoms with E-state index in [0.29, 0.717) is 12.6 Å². The van der Waals surface area contributed by atoms with Gasteiger partial charge in [-0.2, -0.15) is 0 Å². The maximum absolute atomic E-state index is 5.29. The first kappa shape index (κ1) is 17.4. The molecule has 0 aliphatic carbocycles. The lowest BCUT2D eigenvalue weighted by Gasteiger charge is -2.24. The van der Waals surface area contributed by atoms with Crippen molar-refractivity contribution in [1.82, 2.24) is 10.3 Å². The summed E-state index contributed by atoms with van der Waals surface area (Å²) in [7, 11) is 1.72. The van der Waals surface area contributed by atoms with Crippen molar-refractivity contribution in [3.05, 3.63) is 10.6 Å². The van der Waals surface area contributed by atoms with Gasteiger partial charge in [0.05, 0.1) is 12.3 Å². The molecule has 0 amide bonds. The fraction of sp³-hybridized carbons (Fsp3) is 0.800. The summed E-state index contributed by atoms with van der Waals surface area (Å²) in [4.78, 5) is 8.37. The molecule has 0 aliphatic rings. The van der Waals surface area contributed by atoms with Gasteiger partial charge in [-0.15, -0.1) is 11.3 Å². The monoisotopic (exact) mass is 299 g/mol. The number of rotatable bonds is 7. The molecule has 1 heterocycles. The van der Waals surface area contributed by atoms with Crippen molar-refractivity contribution >= 4 is 16.5 Å². The Labute approximate surface area is 127 Å². The summed E-state index contributed by atoms with van der Waals surface area (Å²) < 4.78 is 5.29. The average molecular weight is 299 g/mol. The van der Waals surface area contributed by atoms with E-state index in [9.17, 15) is 0 Å². The van der Waals surface area contributed by atoms with E-state index in [1.165, 1.54) is 4.88 Å². The summed E-state index contributed by atoms with van der Waals surface area (Å²) in [6.07, 6.45) is 0. The number of nitrogens with zero attached hydrogens (tertiary/aromatic N) is 2. The highest BCUT2D eigenvalue weighted by atomic mass is 32.1. The van der Waals surface area contributed by atoms with E-state index >= 15 is 0 Å². The Bertz CT molecular complexity index is 410. The normalized spacial score (nSPS) is 12.2. The van der Waals surface area contributed by atoms with Gasteiger partial charge in [-0.05, 0) is 41.5 Å². The number of methoxy groups -OCH3 is 1. The Balaban J connectivity index is 2.94. The minimum Gasteiger partial charge on any atom is -0.378 e. The molecule has 0 aliphatic heterocycles. The van der Waals surface area contributed by atoms with E-state index in [2.05, 4.69) is 51.8 Å². The Morgan fingerprint density at radius 1 is 1.35 bits per heavy atom. The van der Waals surface area contributed by atoms with E-state index in [1.807, 2.05) is 0 Å². The van der Waals surface area contributed by atoms with Gasteiger partial charge in [0.1, 0.15) is 0 Å². The van der Waals surface area contributed by atoms with Crippen LogP contribution < -0.4 is 10.2 Å². The van der Waals surface area contributed by atoms with Crippen LogP contribution in [-0.2, 0) is 17.9 Å². The lowest BCUT2D eigenvalue weighted by atomic mass is 10.1. The van der Waals surface area contributed by atoms with Gasteiger partial charge in [0.25, 0.3) is 0 Å². The highest BCUT2D eigenvalue weighted by Gasteiger charge is 2.18. The summed E-state index contributed by atoms with van der Waals surface area (Å²) in [6.45, 7) is 15.5. The number of aromatic nitrogens is 1. The second-order valence-corrected chi connectivity index (χ2v) is 7.34. The summed E-state index contributed by atoms with van der Waals surface area (Å²) >= 11 is 1.77. The van der Waals surface area contributed by atoms with Crippen LogP contribution in [0.4, 0.5) is 5.13 Å². The van der Waals surface area contributed by atoms with E-state index in [1.54, 1.807) is 18.4 Å². The zero-order valence-corrected chi connectivity index (χ0v) is 14.7. The molecule has 20 heavy (non-hydrogen) atoms. The lowest BCUT2D eigenvalue weighted by Crippen LogP contribution is -2.35. The first-order valence-corrected chi connectivity index (χ1v) is 8.09. The van der Waals surface area contributed by atoms with Gasteiger partial charge in [-0.3, -0.25) is 0 Å².